The van der Waals surface area contributed by atoms with Crippen molar-refractivity contribution in [1.82, 2.24) is 10.1 Å². The van der Waals surface area contributed by atoms with Crippen LogP contribution in [0.15, 0.2) is 22.7 Å². The maximum Gasteiger partial charge on any atom is 0.321 e. The number of carboxylic acids is 1. The summed E-state index contributed by atoms with van der Waals surface area (Å²) in [5.41, 5.74) is 0.563. The van der Waals surface area contributed by atoms with E-state index in [0.29, 0.717) is 17.1 Å². The minimum atomic E-state index is -3.93. The van der Waals surface area contributed by atoms with Crippen LogP contribution >= 0.6 is 0 Å². The molecule has 0 unspecified atom stereocenters. The summed E-state index contributed by atoms with van der Waals surface area (Å²) in [5, 5.41) is 11.0. The molecule has 1 aromatic carbocycles. The number of aromatic nitrogens is 2. The van der Waals surface area contributed by atoms with Crippen LogP contribution in [0.4, 0.5) is 0 Å². The van der Waals surface area contributed by atoms with E-state index < -0.39 is 26.8 Å². The number of nitrogens with zero attached hydrogens (tertiary/aromatic N) is 2. The van der Waals surface area contributed by atoms with Gasteiger partial charge >= 0.3 is 5.97 Å². The van der Waals surface area contributed by atoms with Crippen LogP contribution in [-0.4, -0.2) is 41.7 Å². The fraction of sp³-hybridized carbons (Fsp3) is 0.308. The van der Waals surface area contributed by atoms with Crippen molar-refractivity contribution < 1.29 is 32.3 Å². The molecule has 23 heavy (non-hydrogen) atoms. The number of aliphatic carboxylic acids is 1. The highest BCUT2D eigenvalue weighted by Gasteiger charge is 2.30. The summed E-state index contributed by atoms with van der Waals surface area (Å²) in [6, 6.07) is 5.00. The van der Waals surface area contributed by atoms with Gasteiger partial charge in [-0.15, -0.1) is 0 Å². The molecule has 1 aliphatic heterocycles. The van der Waals surface area contributed by atoms with Crippen LogP contribution in [-0.2, 0) is 20.4 Å². The Balaban J connectivity index is 1.82. The van der Waals surface area contributed by atoms with Gasteiger partial charge in [-0.2, -0.15) is 4.98 Å². The lowest BCUT2D eigenvalue weighted by atomic mass is 10.2. The van der Waals surface area contributed by atoms with Gasteiger partial charge in [-0.3, -0.25) is 4.79 Å². The molecule has 122 valence electrons. The van der Waals surface area contributed by atoms with Gasteiger partial charge < -0.3 is 19.1 Å². The second-order valence-electron chi connectivity index (χ2n) is 4.87. The van der Waals surface area contributed by atoms with E-state index in [1.54, 1.807) is 18.2 Å². The molecule has 0 fully saturated rings. The van der Waals surface area contributed by atoms with E-state index >= 15 is 0 Å². The van der Waals surface area contributed by atoms with Crippen molar-refractivity contribution in [1.29, 1.82) is 0 Å². The Kier molecular flexibility index (Phi) is 3.68. The highest BCUT2D eigenvalue weighted by atomic mass is 32.2. The molecule has 0 radical (unpaired) electrons. The number of ether oxygens (including phenoxy) is 2. The van der Waals surface area contributed by atoms with Gasteiger partial charge in [-0.05, 0) is 25.1 Å². The quantitative estimate of drug-likeness (QED) is 0.842. The molecule has 0 saturated heterocycles. The Hall–Kier alpha value is -2.62. The van der Waals surface area contributed by atoms with Crippen LogP contribution in [0.2, 0.25) is 0 Å². The molecule has 1 aliphatic rings. The first kappa shape index (κ1) is 15.3. The Labute approximate surface area is 130 Å². The zero-order valence-corrected chi connectivity index (χ0v) is 12.7. The largest absolute Gasteiger partial charge is 0.480 e. The lowest BCUT2D eigenvalue weighted by Crippen LogP contribution is -2.28. The third kappa shape index (κ3) is 2.97. The van der Waals surface area contributed by atoms with E-state index in [2.05, 4.69) is 10.1 Å². The van der Waals surface area contributed by atoms with Gasteiger partial charge in [-0.25, -0.2) is 8.42 Å². The van der Waals surface area contributed by atoms with Gasteiger partial charge in [0.2, 0.25) is 18.5 Å². The summed E-state index contributed by atoms with van der Waals surface area (Å²) in [5.74, 6) is -0.947. The number of carbonyl (C=O) groups is 1. The van der Waals surface area contributed by atoms with Gasteiger partial charge in [-0.1, -0.05) is 5.16 Å². The number of rotatable bonds is 5. The topological polar surface area (TPSA) is 129 Å². The number of carboxylic acid groups (broad SMARTS) is 1. The number of fused-ring (bicyclic) bond motifs is 1. The van der Waals surface area contributed by atoms with Crippen molar-refractivity contribution >= 4 is 15.8 Å². The van der Waals surface area contributed by atoms with Crippen molar-refractivity contribution in [2.24, 2.45) is 0 Å². The van der Waals surface area contributed by atoms with Gasteiger partial charge in [0.05, 0.1) is 0 Å². The van der Waals surface area contributed by atoms with E-state index in [-0.39, 0.29) is 18.5 Å². The first-order chi connectivity index (χ1) is 10.9. The maximum absolute atomic E-state index is 11.9. The highest BCUT2D eigenvalue weighted by Crippen LogP contribution is 2.35. The first-order valence-corrected chi connectivity index (χ1v) is 8.25. The number of benzene rings is 1. The second kappa shape index (κ2) is 5.54. The molecule has 1 atom stereocenters. The average molecular weight is 340 g/mol. The molecule has 1 aromatic heterocycles. The van der Waals surface area contributed by atoms with Gasteiger partial charge in [0.15, 0.2) is 26.6 Å². The molecule has 9 nitrogen and oxygen atoms in total. The minimum Gasteiger partial charge on any atom is -0.480 e. The van der Waals surface area contributed by atoms with Crippen LogP contribution in [0.25, 0.3) is 11.4 Å². The van der Waals surface area contributed by atoms with E-state index in [0.717, 1.165) is 6.92 Å². The van der Waals surface area contributed by atoms with E-state index in [9.17, 15) is 13.2 Å². The molecule has 0 aliphatic carbocycles. The van der Waals surface area contributed by atoms with Crippen LogP contribution < -0.4 is 9.47 Å². The molecule has 0 amide bonds. The fourth-order valence-corrected chi connectivity index (χ4v) is 2.94. The van der Waals surface area contributed by atoms with Crippen molar-refractivity contribution in [3.05, 3.63) is 24.1 Å². The predicted molar refractivity (Wildman–Crippen MR) is 75.6 cm³/mol. The van der Waals surface area contributed by atoms with E-state index in [1.807, 2.05) is 0 Å². The van der Waals surface area contributed by atoms with Crippen molar-refractivity contribution in [3.63, 3.8) is 0 Å². The summed E-state index contributed by atoms with van der Waals surface area (Å²) in [4.78, 5) is 14.8. The van der Waals surface area contributed by atoms with E-state index in [1.165, 1.54) is 0 Å². The SMILES string of the molecule is C[C@H](C(=O)O)S(=O)(=O)Cc1nc(-c2ccc3c(c2)OCO3)no1. The number of hydrogen-bond donors (Lipinski definition) is 1. The molecule has 3 rings (SSSR count). The monoisotopic (exact) mass is 340 g/mol. The smallest absolute Gasteiger partial charge is 0.321 e. The summed E-state index contributed by atoms with van der Waals surface area (Å²) in [6.07, 6.45) is 0. The van der Waals surface area contributed by atoms with Crippen molar-refractivity contribution in [3.8, 4) is 22.9 Å². The van der Waals surface area contributed by atoms with Gasteiger partial charge in [0.1, 0.15) is 5.75 Å². The summed E-state index contributed by atoms with van der Waals surface area (Å²) < 4.78 is 39.1. The molecule has 0 bridgehead atoms. The zero-order chi connectivity index (χ0) is 16.6. The Bertz CT molecular complexity index is 859. The lowest BCUT2D eigenvalue weighted by Gasteiger charge is -2.05. The third-order valence-electron chi connectivity index (χ3n) is 3.31. The molecule has 2 aromatic rings. The molecular weight excluding hydrogens is 328 g/mol. The summed E-state index contributed by atoms with van der Waals surface area (Å²) in [7, 11) is -3.93. The summed E-state index contributed by atoms with van der Waals surface area (Å²) in [6.45, 7) is 1.22. The molecule has 1 N–H and O–H groups in total. The first-order valence-electron chi connectivity index (χ1n) is 6.54. The Morgan fingerprint density at radius 1 is 1.35 bits per heavy atom. The zero-order valence-electron chi connectivity index (χ0n) is 11.9. The normalized spacial score (nSPS) is 14.7. The number of hydrogen-bond acceptors (Lipinski definition) is 8. The predicted octanol–water partition coefficient (Wildman–Crippen LogP) is 0.853. The minimum absolute atomic E-state index is 0.127. The van der Waals surface area contributed by atoms with Gasteiger partial charge in [0, 0.05) is 5.56 Å². The highest BCUT2D eigenvalue weighted by molar-refractivity contribution is 7.91. The molecule has 0 saturated carbocycles. The standard InChI is InChI=1S/C13H12N2O7S/c1-7(13(16)17)23(18,19)5-11-14-12(15-22-11)8-2-3-9-10(4-8)21-6-20-9/h2-4,7H,5-6H2,1H3,(H,16,17)/t7-/m1/s1. The van der Waals surface area contributed by atoms with Crippen LogP contribution in [0.5, 0.6) is 11.5 Å². The average Bonchev–Trinajstić information content (AvgIpc) is 3.13. The van der Waals surface area contributed by atoms with Crippen LogP contribution in [0.1, 0.15) is 12.8 Å². The Morgan fingerprint density at radius 3 is 2.83 bits per heavy atom. The second-order valence-corrected chi connectivity index (χ2v) is 7.19. The van der Waals surface area contributed by atoms with Crippen LogP contribution in [0.3, 0.4) is 0 Å². The maximum atomic E-state index is 11.9. The molecule has 2 heterocycles. The number of sulfone groups is 1. The van der Waals surface area contributed by atoms with Crippen molar-refractivity contribution in [2.45, 2.75) is 17.9 Å². The third-order valence-corrected chi connectivity index (χ3v) is 5.24. The fourth-order valence-electron chi connectivity index (χ4n) is 1.92. The molecule has 10 heteroatoms. The molecule has 0 spiro atoms. The van der Waals surface area contributed by atoms with Crippen LogP contribution in [0, 0.1) is 0 Å². The lowest BCUT2D eigenvalue weighted by molar-refractivity contribution is -0.136. The van der Waals surface area contributed by atoms with E-state index in [4.69, 9.17) is 19.1 Å². The van der Waals surface area contributed by atoms with Crippen molar-refractivity contribution in [2.75, 3.05) is 6.79 Å². The molecular formula is C13H12N2O7S. The summed E-state index contributed by atoms with van der Waals surface area (Å²) >= 11 is 0. The van der Waals surface area contributed by atoms with Gasteiger partial charge in [0.25, 0.3) is 0 Å². The Morgan fingerprint density at radius 2 is 2.09 bits per heavy atom.